The van der Waals surface area contributed by atoms with Crippen molar-refractivity contribution in [2.45, 2.75) is 26.3 Å². The highest BCUT2D eigenvalue weighted by Crippen LogP contribution is 2.26. The Balaban J connectivity index is 2.88. The molecular formula is C13H20ClN3O3S. The van der Waals surface area contributed by atoms with Crippen LogP contribution in [0.25, 0.3) is 0 Å². The van der Waals surface area contributed by atoms with Crippen molar-refractivity contribution >= 4 is 38.9 Å². The SMILES string of the molecule is CCNC(C)(C)C(=O)Nc1ccc(NS(C)(=O)=O)c(Cl)c1. The van der Waals surface area contributed by atoms with Crippen LogP contribution in [0.5, 0.6) is 0 Å². The summed E-state index contributed by atoms with van der Waals surface area (Å²) in [4.78, 5) is 12.1. The van der Waals surface area contributed by atoms with Crippen LogP contribution in [0.3, 0.4) is 0 Å². The van der Waals surface area contributed by atoms with Gasteiger partial charge < -0.3 is 10.6 Å². The zero-order valence-corrected chi connectivity index (χ0v) is 14.0. The minimum atomic E-state index is -3.40. The Morgan fingerprint density at radius 3 is 2.43 bits per heavy atom. The van der Waals surface area contributed by atoms with Crippen molar-refractivity contribution in [1.82, 2.24) is 5.32 Å². The van der Waals surface area contributed by atoms with E-state index in [9.17, 15) is 13.2 Å². The summed E-state index contributed by atoms with van der Waals surface area (Å²) in [5, 5.41) is 6.00. The summed E-state index contributed by atoms with van der Waals surface area (Å²) in [6.07, 6.45) is 1.04. The number of likely N-dealkylation sites (N-methyl/N-ethyl adjacent to an activating group) is 1. The van der Waals surface area contributed by atoms with Crippen LogP contribution in [0, 0.1) is 0 Å². The van der Waals surface area contributed by atoms with E-state index in [0.717, 1.165) is 6.26 Å². The summed E-state index contributed by atoms with van der Waals surface area (Å²) in [7, 11) is -3.40. The van der Waals surface area contributed by atoms with Crippen molar-refractivity contribution in [2.75, 3.05) is 22.8 Å². The van der Waals surface area contributed by atoms with E-state index in [1.54, 1.807) is 19.9 Å². The molecule has 0 aromatic heterocycles. The number of hydrogen-bond donors (Lipinski definition) is 3. The van der Waals surface area contributed by atoms with Crippen LogP contribution < -0.4 is 15.4 Å². The zero-order valence-electron chi connectivity index (χ0n) is 12.5. The van der Waals surface area contributed by atoms with E-state index in [2.05, 4.69) is 15.4 Å². The van der Waals surface area contributed by atoms with Crippen molar-refractivity contribution in [1.29, 1.82) is 0 Å². The number of hydrogen-bond acceptors (Lipinski definition) is 4. The van der Waals surface area contributed by atoms with Gasteiger partial charge in [-0.2, -0.15) is 0 Å². The molecule has 0 saturated carbocycles. The van der Waals surface area contributed by atoms with Gasteiger partial charge in [-0.15, -0.1) is 0 Å². The quantitative estimate of drug-likeness (QED) is 0.743. The molecule has 0 saturated heterocycles. The number of nitrogens with one attached hydrogen (secondary N) is 3. The van der Waals surface area contributed by atoms with E-state index in [4.69, 9.17) is 11.6 Å². The van der Waals surface area contributed by atoms with Gasteiger partial charge in [-0.1, -0.05) is 18.5 Å². The van der Waals surface area contributed by atoms with Crippen LogP contribution in [-0.2, 0) is 14.8 Å². The van der Waals surface area contributed by atoms with Gasteiger partial charge in [0.2, 0.25) is 15.9 Å². The summed E-state index contributed by atoms with van der Waals surface area (Å²) < 4.78 is 24.6. The summed E-state index contributed by atoms with van der Waals surface area (Å²) in [6.45, 7) is 6.12. The van der Waals surface area contributed by atoms with Gasteiger partial charge in [-0.3, -0.25) is 9.52 Å². The molecule has 3 N–H and O–H groups in total. The van der Waals surface area contributed by atoms with Crippen LogP contribution in [0.2, 0.25) is 5.02 Å². The number of rotatable bonds is 6. The van der Waals surface area contributed by atoms with Crippen LogP contribution >= 0.6 is 11.6 Å². The first-order valence-corrected chi connectivity index (χ1v) is 8.66. The highest BCUT2D eigenvalue weighted by molar-refractivity contribution is 7.92. The molecule has 0 bridgehead atoms. The molecule has 0 aliphatic heterocycles. The molecule has 118 valence electrons. The van der Waals surface area contributed by atoms with E-state index in [1.165, 1.54) is 12.1 Å². The molecule has 8 heteroatoms. The Hall–Kier alpha value is -1.31. The maximum atomic E-state index is 12.1. The van der Waals surface area contributed by atoms with Gasteiger partial charge in [-0.25, -0.2) is 8.42 Å². The molecule has 1 rings (SSSR count). The Labute approximate surface area is 130 Å². The number of carbonyl (C=O) groups is 1. The smallest absolute Gasteiger partial charge is 0.244 e. The van der Waals surface area contributed by atoms with Gasteiger partial charge in [0.1, 0.15) is 0 Å². The third-order valence-electron chi connectivity index (χ3n) is 2.71. The molecule has 0 heterocycles. The average molecular weight is 334 g/mol. The molecule has 0 fully saturated rings. The number of amides is 1. The highest BCUT2D eigenvalue weighted by Gasteiger charge is 2.26. The Kier molecular flexibility index (Phi) is 5.61. The first-order chi connectivity index (χ1) is 9.55. The van der Waals surface area contributed by atoms with Crippen LogP contribution in [0.15, 0.2) is 18.2 Å². The van der Waals surface area contributed by atoms with E-state index >= 15 is 0 Å². The molecular weight excluding hydrogens is 314 g/mol. The maximum absolute atomic E-state index is 12.1. The molecule has 0 radical (unpaired) electrons. The second-order valence-corrected chi connectivity index (χ2v) is 7.33. The molecule has 6 nitrogen and oxygen atoms in total. The summed E-state index contributed by atoms with van der Waals surface area (Å²) in [5.41, 5.74) is 0.0448. The van der Waals surface area contributed by atoms with Crippen LogP contribution in [0.4, 0.5) is 11.4 Å². The molecule has 0 spiro atoms. The van der Waals surface area contributed by atoms with Crippen molar-refractivity contribution in [3.05, 3.63) is 23.2 Å². The van der Waals surface area contributed by atoms with Crippen molar-refractivity contribution in [3.63, 3.8) is 0 Å². The minimum Gasteiger partial charge on any atom is -0.324 e. The van der Waals surface area contributed by atoms with Gasteiger partial charge in [0.25, 0.3) is 0 Å². The number of sulfonamides is 1. The van der Waals surface area contributed by atoms with Crippen molar-refractivity contribution in [2.24, 2.45) is 0 Å². The average Bonchev–Trinajstić information content (AvgIpc) is 2.31. The Morgan fingerprint density at radius 1 is 1.33 bits per heavy atom. The molecule has 1 aromatic carbocycles. The van der Waals surface area contributed by atoms with E-state index in [-0.39, 0.29) is 16.6 Å². The zero-order chi connectivity index (χ0) is 16.3. The minimum absolute atomic E-state index is 0.204. The maximum Gasteiger partial charge on any atom is 0.244 e. The first kappa shape index (κ1) is 17.7. The lowest BCUT2D eigenvalue weighted by atomic mass is 10.0. The summed E-state index contributed by atoms with van der Waals surface area (Å²) >= 11 is 6.00. The normalized spacial score (nSPS) is 12.0. The van der Waals surface area contributed by atoms with Gasteiger partial charge in [0, 0.05) is 5.69 Å². The molecule has 21 heavy (non-hydrogen) atoms. The van der Waals surface area contributed by atoms with Gasteiger partial charge >= 0.3 is 0 Å². The van der Waals surface area contributed by atoms with Gasteiger partial charge in [0.05, 0.1) is 22.5 Å². The van der Waals surface area contributed by atoms with Crippen molar-refractivity contribution in [3.8, 4) is 0 Å². The fraction of sp³-hybridized carbons (Fsp3) is 0.462. The van der Waals surface area contributed by atoms with E-state index in [0.29, 0.717) is 12.2 Å². The largest absolute Gasteiger partial charge is 0.324 e. The highest BCUT2D eigenvalue weighted by atomic mass is 35.5. The van der Waals surface area contributed by atoms with Gasteiger partial charge in [0.15, 0.2) is 0 Å². The predicted molar refractivity (Wildman–Crippen MR) is 86.3 cm³/mol. The fourth-order valence-electron chi connectivity index (χ4n) is 1.68. The molecule has 0 aliphatic carbocycles. The van der Waals surface area contributed by atoms with E-state index in [1.807, 2.05) is 6.92 Å². The Bertz CT molecular complexity index is 630. The number of benzene rings is 1. The summed E-state index contributed by atoms with van der Waals surface area (Å²) in [5.74, 6) is -0.204. The lowest BCUT2D eigenvalue weighted by molar-refractivity contribution is -0.121. The standard InChI is InChI=1S/C13H20ClN3O3S/c1-5-15-13(2,3)12(18)16-9-6-7-11(10(14)8-9)17-21(4,19)20/h6-8,15,17H,5H2,1-4H3,(H,16,18). The third kappa shape index (κ3) is 5.53. The molecule has 1 aromatic rings. The predicted octanol–water partition coefficient (Wildman–Crippen LogP) is 2.04. The monoisotopic (exact) mass is 333 g/mol. The second kappa shape index (κ2) is 6.64. The van der Waals surface area contributed by atoms with Crippen LogP contribution in [0.1, 0.15) is 20.8 Å². The first-order valence-electron chi connectivity index (χ1n) is 6.39. The molecule has 1 amide bonds. The molecule has 0 unspecified atom stereocenters. The number of halogens is 1. The Morgan fingerprint density at radius 2 is 1.95 bits per heavy atom. The number of carbonyl (C=O) groups excluding carboxylic acids is 1. The fourth-order valence-corrected chi connectivity index (χ4v) is 2.55. The molecule has 0 atom stereocenters. The van der Waals surface area contributed by atoms with Crippen molar-refractivity contribution < 1.29 is 13.2 Å². The second-order valence-electron chi connectivity index (χ2n) is 5.18. The lowest BCUT2D eigenvalue weighted by Crippen LogP contribution is -2.49. The third-order valence-corrected chi connectivity index (χ3v) is 3.61. The number of anilines is 2. The van der Waals surface area contributed by atoms with E-state index < -0.39 is 15.6 Å². The topological polar surface area (TPSA) is 87.3 Å². The van der Waals surface area contributed by atoms with Gasteiger partial charge in [-0.05, 0) is 38.6 Å². The van der Waals surface area contributed by atoms with Crippen LogP contribution in [-0.4, -0.2) is 32.7 Å². The lowest BCUT2D eigenvalue weighted by Gasteiger charge is -2.24. The molecule has 0 aliphatic rings. The summed E-state index contributed by atoms with van der Waals surface area (Å²) in [6, 6.07) is 4.58.